The first-order chi connectivity index (χ1) is 10.7. The van der Waals surface area contributed by atoms with Gasteiger partial charge in [-0.25, -0.2) is 14.5 Å². The highest BCUT2D eigenvalue weighted by Gasteiger charge is 2.31. The van der Waals surface area contributed by atoms with Crippen molar-refractivity contribution in [3.63, 3.8) is 0 Å². The summed E-state index contributed by atoms with van der Waals surface area (Å²) in [5, 5.41) is 8.89. The topological polar surface area (TPSA) is 107 Å². The molecule has 1 atom stereocenters. The van der Waals surface area contributed by atoms with Gasteiger partial charge in [-0.05, 0) is 12.1 Å². The van der Waals surface area contributed by atoms with Gasteiger partial charge in [-0.3, -0.25) is 10.1 Å². The van der Waals surface area contributed by atoms with E-state index in [0.717, 1.165) is 5.69 Å². The molecule has 2 aliphatic heterocycles. The smallest absolute Gasteiger partial charge is 0.322 e. The third kappa shape index (κ3) is 2.03. The van der Waals surface area contributed by atoms with E-state index >= 15 is 0 Å². The number of imide groups is 1. The summed E-state index contributed by atoms with van der Waals surface area (Å²) in [4.78, 5) is 26.9. The summed E-state index contributed by atoms with van der Waals surface area (Å²) in [6.07, 6.45) is 1.64. The molecule has 2 aromatic rings. The highest BCUT2D eigenvalue weighted by molar-refractivity contribution is 6.04. The van der Waals surface area contributed by atoms with Crippen LogP contribution in [0, 0.1) is 0 Å². The van der Waals surface area contributed by atoms with Crippen LogP contribution in [0.25, 0.3) is 5.69 Å². The molecule has 22 heavy (non-hydrogen) atoms. The Kier molecular flexibility index (Phi) is 2.71. The predicted molar refractivity (Wildman–Crippen MR) is 71.6 cm³/mol. The van der Waals surface area contributed by atoms with E-state index in [1.165, 1.54) is 6.33 Å². The Hall–Kier alpha value is -3.10. The molecule has 0 saturated carbocycles. The van der Waals surface area contributed by atoms with Crippen molar-refractivity contribution < 1.29 is 19.1 Å². The van der Waals surface area contributed by atoms with E-state index in [4.69, 9.17) is 9.47 Å². The molecule has 2 N–H and O–H groups in total. The zero-order valence-electron chi connectivity index (χ0n) is 11.3. The summed E-state index contributed by atoms with van der Waals surface area (Å²) in [6.45, 7) is 0.192. The molecular weight excluding hydrogens is 290 g/mol. The second kappa shape index (κ2) is 4.72. The lowest BCUT2D eigenvalue weighted by Gasteiger charge is -2.09. The first-order valence-corrected chi connectivity index (χ1v) is 6.61. The fourth-order valence-electron chi connectivity index (χ4n) is 2.42. The largest absolute Gasteiger partial charge is 0.454 e. The molecule has 3 heterocycles. The number of nitrogens with zero attached hydrogens (tertiary/aromatic N) is 3. The molecule has 9 nitrogen and oxygen atoms in total. The molecule has 9 heteroatoms. The van der Waals surface area contributed by atoms with Crippen molar-refractivity contribution in [3.8, 4) is 17.2 Å². The molecule has 1 aromatic carbocycles. The fourth-order valence-corrected chi connectivity index (χ4v) is 2.42. The van der Waals surface area contributed by atoms with Gasteiger partial charge < -0.3 is 14.8 Å². The summed E-state index contributed by atoms with van der Waals surface area (Å²) in [5.74, 6) is 1.49. The van der Waals surface area contributed by atoms with E-state index in [0.29, 0.717) is 17.3 Å². The van der Waals surface area contributed by atoms with Gasteiger partial charge in [0, 0.05) is 12.5 Å². The Bertz CT molecular complexity index is 772. The highest BCUT2D eigenvalue weighted by Crippen LogP contribution is 2.33. The second-order valence-electron chi connectivity index (χ2n) is 4.85. The maximum atomic E-state index is 11.6. The number of fused-ring (bicyclic) bond motifs is 1. The van der Waals surface area contributed by atoms with Crippen molar-refractivity contribution in [3.05, 3.63) is 30.4 Å². The summed E-state index contributed by atoms with van der Waals surface area (Å²) in [7, 11) is 0. The lowest BCUT2D eigenvalue weighted by Crippen LogP contribution is -2.32. The number of carbonyl (C=O) groups excluding carboxylic acids is 2. The lowest BCUT2D eigenvalue weighted by molar-refractivity contribution is -0.120. The molecule has 1 aromatic heterocycles. The van der Waals surface area contributed by atoms with Crippen molar-refractivity contribution in [1.82, 2.24) is 25.4 Å². The van der Waals surface area contributed by atoms with Crippen LogP contribution in [0.5, 0.6) is 11.5 Å². The summed E-state index contributed by atoms with van der Waals surface area (Å²) in [5.41, 5.74) is 0.737. The van der Waals surface area contributed by atoms with Crippen LogP contribution in [0.3, 0.4) is 0 Å². The number of aromatic nitrogens is 3. The number of hydrogen-bond acceptors (Lipinski definition) is 6. The molecule has 0 radical (unpaired) electrons. The van der Waals surface area contributed by atoms with Gasteiger partial charge in [0.25, 0.3) is 5.91 Å². The quantitative estimate of drug-likeness (QED) is 0.757. The summed E-state index contributed by atoms with van der Waals surface area (Å²) < 4.78 is 12.2. The van der Waals surface area contributed by atoms with E-state index < -0.39 is 12.1 Å². The molecular formula is C13H11N5O4. The minimum Gasteiger partial charge on any atom is -0.454 e. The summed E-state index contributed by atoms with van der Waals surface area (Å²) in [6, 6.07) is 4.24. The van der Waals surface area contributed by atoms with E-state index in [9.17, 15) is 9.59 Å². The number of ether oxygens (including phenoxy) is 2. The SMILES string of the molecule is O=C1NC(=O)[C@@H](Cc2ncnn2-c2ccc3c(c2)OCO3)N1. The predicted octanol–water partition coefficient (Wildman–Crippen LogP) is -0.254. The Morgan fingerprint density at radius 3 is 2.95 bits per heavy atom. The number of nitrogens with one attached hydrogen (secondary N) is 2. The van der Waals surface area contributed by atoms with Crippen LogP contribution in [0.1, 0.15) is 5.82 Å². The Morgan fingerprint density at radius 2 is 2.14 bits per heavy atom. The number of benzene rings is 1. The van der Waals surface area contributed by atoms with Gasteiger partial charge in [-0.15, -0.1) is 0 Å². The van der Waals surface area contributed by atoms with E-state index in [-0.39, 0.29) is 19.1 Å². The van der Waals surface area contributed by atoms with E-state index in [1.807, 2.05) is 6.07 Å². The third-order valence-electron chi connectivity index (χ3n) is 3.46. The van der Waals surface area contributed by atoms with Gasteiger partial charge >= 0.3 is 6.03 Å². The van der Waals surface area contributed by atoms with Crippen molar-refractivity contribution in [2.45, 2.75) is 12.5 Å². The first kappa shape index (κ1) is 12.6. The molecule has 1 fully saturated rings. The monoisotopic (exact) mass is 301 g/mol. The molecule has 3 amide bonds. The third-order valence-corrected chi connectivity index (χ3v) is 3.46. The van der Waals surface area contributed by atoms with E-state index in [1.54, 1.807) is 16.8 Å². The van der Waals surface area contributed by atoms with Crippen LogP contribution in [0.4, 0.5) is 4.79 Å². The maximum absolute atomic E-state index is 11.6. The second-order valence-corrected chi connectivity index (χ2v) is 4.85. The van der Waals surface area contributed by atoms with Crippen LogP contribution in [-0.4, -0.2) is 39.5 Å². The Balaban J connectivity index is 1.63. The molecule has 0 unspecified atom stereocenters. The molecule has 112 valence electrons. The number of rotatable bonds is 3. The van der Waals surface area contributed by atoms with Crippen LogP contribution in [0.2, 0.25) is 0 Å². The van der Waals surface area contributed by atoms with Crippen molar-refractivity contribution in [2.24, 2.45) is 0 Å². The highest BCUT2D eigenvalue weighted by atomic mass is 16.7. The van der Waals surface area contributed by atoms with Gasteiger partial charge in [0.1, 0.15) is 18.2 Å². The fraction of sp³-hybridized carbons (Fsp3) is 0.231. The zero-order valence-corrected chi connectivity index (χ0v) is 11.3. The molecule has 0 aliphatic carbocycles. The van der Waals surface area contributed by atoms with Crippen molar-refractivity contribution >= 4 is 11.9 Å². The van der Waals surface area contributed by atoms with Crippen LogP contribution in [-0.2, 0) is 11.2 Å². The molecule has 4 rings (SSSR count). The first-order valence-electron chi connectivity index (χ1n) is 6.61. The van der Waals surface area contributed by atoms with Crippen molar-refractivity contribution in [1.29, 1.82) is 0 Å². The minimum atomic E-state index is -0.649. The number of amides is 3. The molecule has 2 aliphatic rings. The average Bonchev–Trinajstić information content (AvgIpc) is 3.19. The molecule has 0 bridgehead atoms. The molecule has 0 spiro atoms. The number of hydrogen-bond donors (Lipinski definition) is 2. The van der Waals surface area contributed by atoms with Crippen molar-refractivity contribution in [2.75, 3.05) is 6.79 Å². The van der Waals surface area contributed by atoms with Gasteiger partial charge in [0.15, 0.2) is 11.5 Å². The standard InChI is InChI=1S/C13H11N5O4/c19-12-8(16-13(20)17-12)4-11-14-5-15-18(11)7-1-2-9-10(3-7)22-6-21-9/h1-3,5,8H,4,6H2,(H2,16,17,19,20)/t8-/m1/s1. The maximum Gasteiger partial charge on any atom is 0.322 e. The van der Waals surface area contributed by atoms with Gasteiger partial charge in [-0.2, -0.15) is 5.10 Å². The number of carbonyl (C=O) groups is 2. The minimum absolute atomic E-state index is 0.192. The average molecular weight is 301 g/mol. The van der Waals surface area contributed by atoms with Gasteiger partial charge in [0.05, 0.1) is 5.69 Å². The normalized spacial score (nSPS) is 19.2. The van der Waals surface area contributed by atoms with Crippen LogP contribution in [0.15, 0.2) is 24.5 Å². The van der Waals surface area contributed by atoms with Crippen LogP contribution >= 0.6 is 0 Å². The van der Waals surface area contributed by atoms with Crippen LogP contribution < -0.4 is 20.1 Å². The zero-order chi connectivity index (χ0) is 15.1. The molecule has 1 saturated heterocycles. The lowest BCUT2D eigenvalue weighted by atomic mass is 10.2. The van der Waals surface area contributed by atoms with E-state index in [2.05, 4.69) is 20.7 Å². The Morgan fingerprint density at radius 1 is 1.27 bits per heavy atom. The summed E-state index contributed by atoms with van der Waals surface area (Å²) >= 11 is 0. The van der Waals surface area contributed by atoms with Gasteiger partial charge in [0.2, 0.25) is 6.79 Å². The van der Waals surface area contributed by atoms with Gasteiger partial charge in [-0.1, -0.05) is 0 Å². The Labute approximate surface area is 124 Å². The number of urea groups is 1.